The third-order valence-electron chi connectivity index (χ3n) is 6.93. The Balaban J connectivity index is 0.000000210. The highest BCUT2D eigenvalue weighted by Gasteiger charge is 2.22. The summed E-state index contributed by atoms with van der Waals surface area (Å²) in [4.78, 5) is -0.0851. The lowest BCUT2D eigenvalue weighted by molar-refractivity contribution is -0.636. The van der Waals surface area contributed by atoms with Gasteiger partial charge in [-0.15, -0.1) is 0 Å². The van der Waals surface area contributed by atoms with Crippen molar-refractivity contribution in [2.75, 3.05) is 0 Å². The summed E-state index contributed by atoms with van der Waals surface area (Å²) in [6.07, 6.45) is 0. The van der Waals surface area contributed by atoms with Crippen molar-refractivity contribution >= 4 is 26.8 Å². The normalized spacial score (nSPS) is 11.4. The average Bonchev–Trinajstić information content (AvgIpc) is 3.20. The van der Waals surface area contributed by atoms with Gasteiger partial charge in [0.25, 0.3) is 0 Å². The summed E-state index contributed by atoms with van der Waals surface area (Å²) >= 11 is 0. The Kier molecular flexibility index (Phi) is 7.52. The first-order valence-corrected chi connectivity index (χ1v) is 14.5. The van der Waals surface area contributed by atoms with Crippen LogP contribution in [0.5, 0.6) is 0 Å². The third kappa shape index (κ3) is 5.52. The first-order chi connectivity index (χ1) is 19.1. The molecule has 202 valence electrons. The monoisotopic (exact) mass is 549 g/mol. The topological polar surface area (TPSA) is 78.4 Å². The molecule has 2 heterocycles. The minimum Gasteiger partial charge on any atom is -0.744 e. The van der Waals surface area contributed by atoms with Crippen LogP contribution >= 0.6 is 0 Å². The molecule has 0 spiro atoms. The highest BCUT2D eigenvalue weighted by molar-refractivity contribution is 7.85. The first kappa shape index (κ1) is 27.2. The second kappa shape index (κ2) is 11.0. The summed E-state index contributed by atoms with van der Waals surface area (Å²) in [5.74, 6) is 0. The molecule has 0 bridgehead atoms. The summed E-state index contributed by atoms with van der Waals surface area (Å²) in [6, 6.07) is 35.2. The van der Waals surface area contributed by atoms with Gasteiger partial charge in [-0.25, -0.2) is 13.0 Å². The predicted molar refractivity (Wildman–Crippen MR) is 157 cm³/mol. The second-order valence-electron chi connectivity index (χ2n) is 10.0. The zero-order valence-corrected chi connectivity index (χ0v) is 23.8. The largest absolute Gasteiger partial charge is 0.744 e. The van der Waals surface area contributed by atoms with Crippen molar-refractivity contribution in [3.63, 3.8) is 0 Å². The standard InChI is InChI=1S/C24H20N3.C9H12O3S/c1-18-21(20-12-6-3-7-13-20)16-24-26(17-19-10-4-2-5-11-19)22-14-8-9-15-23(22)27(24)25-18;1-6-4-7(2)9(8(3)5-6)13(10,11)12/h2-16H,17H2,1H3;4-5H,1-3H3,(H,10,11,12)/q+1;/p-1. The van der Waals surface area contributed by atoms with Crippen LogP contribution in [-0.2, 0) is 16.7 Å². The van der Waals surface area contributed by atoms with E-state index in [1.54, 1.807) is 26.0 Å². The average molecular weight is 550 g/mol. The SMILES string of the molecule is Cc1cc(C)c(S(=O)(=O)[O-])c(C)c1.Cc1nn2c3ccccc3[n+](Cc3ccccc3)c2cc1-c1ccccc1. The van der Waals surface area contributed by atoms with Crippen molar-refractivity contribution in [2.24, 2.45) is 0 Å². The van der Waals surface area contributed by atoms with Crippen molar-refractivity contribution in [3.05, 3.63) is 131 Å². The summed E-state index contributed by atoms with van der Waals surface area (Å²) < 4.78 is 36.9. The molecule has 0 atom stereocenters. The molecule has 40 heavy (non-hydrogen) atoms. The van der Waals surface area contributed by atoms with Gasteiger partial charge in [0.05, 0.1) is 10.6 Å². The Morgan fingerprint density at radius 3 is 1.98 bits per heavy atom. The molecule has 6 nitrogen and oxygen atoms in total. The van der Waals surface area contributed by atoms with Gasteiger partial charge in [-0.3, -0.25) is 0 Å². The molecule has 4 aromatic carbocycles. The van der Waals surface area contributed by atoms with Gasteiger partial charge in [0.2, 0.25) is 5.52 Å². The van der Waals surface area contributed by atoms with E-state index < -0.39 is 10.1 Å². The van der Waals surface area contributed by atoms with Gasteiger partial charge in [0, 0.05) is 11.6 Å². The van der Waals surface area contributed by atoms with Crippen LogP contribution in [0.2, 0.25) is 0 Å². The van der Waals surface area contributed by atoms with E-state index >= 15 is 0 Å². The van der Waals surface area contributed by atoms with Gasteiger partial charge in [0.15, 0.2) is 5.52 Å². The molecule has 2 aromatic heterocycles. The van der Waals surface area contributed by atoms with Crippen molar-refractivity contribution < 1.29 is 17.5 Å². The predicted octanol–water partition coefficient (Wildman–Crippen LogP) is 6.31. The number of nitrogens with zero attached hydrogens (tertiary/aromatic N) is 3. The number of benzene rings is 4. The fourth-order valence-corrected chi connectivity index (χ4v) is 6.22. The second-order valence-corrected chi connectivity index (χ2v) is 11.3. The molecule has 0 N–H and O–H groups in total. The third-order valence-corrected chi connectivity index (χ3v) is 8.07. The molecule has 0 saturated heterocycles. The van der Waals surface area contributed by atoms with Gasteiger partial charge in [-0.05, 0) is 62.1 Å². The Hall–Kier alpha value is -4.33. The van der Waals surface area contributed by atoms with Crippen LogP contribution in [-0.4, -0.2) is 22.6 Å². The highest BCUT2D eigenvalue weighted by atomic mass is 32.2. The smallest absolute Gasteiger partial charge is 0.309 e. The molecule has 6 aromatic rings. The van der Waals surface area contributed by atoms with Crippen molar-refractivity contribution in [2.45, 2.75) is 39.1 Å². The summed E-state index contributed by atoms with van der Waals surface area (Å²) in [5, 5.41) is 4.94. The summed E-state index contributed by atoms with van der Waals surface area (Å²) in [5.41, 5.74) is 10.1. The van der Waals surface area contributed by atoms with E-state index in [0.717, 1.165) is 29.0 Å². The number of aromatic nitrogens is 3. The minimum absolute atomic E-state index is 0.0851. The molecular formula is C33H31N3O3S. The maximum Gasteiger partial charge on any atom is 0.309 e. The highest BCUT2D eigenvalue weighted by Crippen LogP contribution is 2.25. The number of hydrogen-bond donors (Lipinski definition) is 0. The van der Waals surface area contributed by atoms with Crippen LogP contribution in [0.3, 0.4) is 0 Å². The summed E-state index contributed by atoms with van der Waals surface area (Å²) in [6.45, 7) is 8.02. The van der Waals surface area contributed by atoms with E-state index in [9.17, 15) is 13.0 Å². The first-order valence-electron chi connectivity index (χ1n) is 13.1. The van der Waals surface area contributed by atoms with Gasteiger partial charge in [0.1, 0.15) is 16.7 Å². The Labute approximate surface area is 234 Å². The zero-order chi connectivity index (χ0) is 28.4. The molecule has 0 saturated carbocycles. The number of para-hydroxylation sites is 2. The molecular weight excluding hydrogens is 518 g/mol. The van der Waals surface area contributed by atoms with Crippen LogP contribution in [0.1, 0.15) is 27.9 Å². The van der Waals surface area contributed by atoms with Gasteiger partial charge >= 0.3 is 5.65 Å². The van der Waals surface area contributed by atoms with Gasteiger partial charge in [-0.1, -0.05) is 100 Å². The van der Waals surface area contributed by atoms with Crippen molar-refractivity contribution in [1.29, 1.82) is 0 Å². The Bertz CT molecular complexity index is 1910. The van der Waals surface area contributed by atoms with Crippen LogP contribution in [0.15, 0.2) is 108 Å². The fraction of sp³-hybridized carbons (Fsp3) is 0.152. The molecule has 0 aliphatic carbocycles. The summed E-state index contributed by atoms with van der Waals surface area (Å²) in [7, 11) is -4.33. The van der Waals surface area contributed by atoms with E-state index in [0.29, 0.717) is 11.1 Å². The molecule has 0 aliphatic rings. The van der Waals surface area contributed by atoms with E-state index in [-0.39, 0.29) is 4.90 Å². The quantitative estimate of drug-likeness (QED) is 0.191. The molecule has 6 rings (SSSR count). The fourth-order valence-electron chi connectivity index (χ4n) is 5.32. The van der Waals surface area contributed by atoms with E-state index in [1.807, 2.05) is 13.0 Å². The van der Waals surface area contributed by atoms with Crippen LogP contribution < -0.4 is 4.57 Å². The number of fused-ring (bicyclic) bond motifs is 3. The molecule has 0 aliphatic heterocycles. The van der Waals surface area contributed by atoms with Crippen LogP contribution in [0, 0.1) is 27.7 Å². The maximum atomic E-state index is 10.8. The van der Waals surface area contributed by atoms with E-state index in [4.69, 9.17) is 5.10 Å². The van der Waals surface area contributed by atoms with E-state index in [1.165, 1.54) is 22.2 Å². The van der Waals surface area contributed by atoms with E-state index in [2.05, 4.69) is 101 Å². The lowest BCUT2D eigenvalue weighted by Gasteiger charge is -2.14. The molecule has 0 amide bonds. The maximum absolute atomic E-state index is 10.8. The lowest BCUT2D eigenvalue weighted by Crippen LogP contribution is -2.34. The Morgan fingerprint density at radius 2 is 1.35 bits per heavy atom. The van der Waals surface area contributed by atoms with Crippen molar-refractivity contribution in [1.82, 2.24) is 9.61 Å². The molecule has 0 radical (unpaired) electrons. The number of rotatable bonds is 4. The molecule has 0 fully saturated rings. The van der Waals surface area contributed by atoms with Gasteiger partial charge in [-0.2, -0.15) is 0 Å². The zero-order valence-electron chi connectivity index (χ0n) is 23.0. The van der Waals surface area contributed by atoms with Crippen molar-refractivity contribution in [3.8, 4) is 11.1 Å². The molecule has 7 heteroatoms. The van der Waals surface area contributed by atoms with Crippen LogP contribution in [0.4, 0.5) is 0 Å². The Morgan fingerprint density at radius 1 is 0.775 bits per heavy atom. The van der Waals surface area contributed by atoms with Gasteiger partial charge < -0.3 is 4.55 Å². The number of imidazole rings is 1. The lowest BCUT2D eigenvalue weighted by atomic mass is 10.1. The number of aryl methyl sites for hydroxylation is 4. The minimum atomic E-state index is -4.33. The molecule has 0 unspecified atom stereocenters. The van der Waals surface area contributed by atoms with Crippen LogP contribution in [0.25, 0.3) is 27.8 Å². The number of hydrogen-bond acceptors (Lipinski definition) is 4.